The Hall–Kier alpha value is -2.44. The number of carbonyl (C=O) groups excluding carboxylic acids is 1. The summed E-state index contributed by atoms with van der Waals surface area (Å²) in [5.41, 5.74) is 2.29. The molecule has 8 heteroatoms. The van der Waals surface area contributed by atoms with Gasteiger partial charge in [0.15, 0.2) is 5.96 Å². The first-order valence-electron chi connectivity index (χ1n) is 8.48. The highest BCUT2D eigenvalue weighted by Crippen LogP contribution is 2.23. The number of guanidine groups is 1. The molecule has 0 aromatic heterocycles. The van der Waals surface area contributed by atoms with Gasteiger partial charge in [-0.2, -0.15) is 0 Å². The molecule has 27 heavy (non-hydrogen) atoms. The molecule has 0 saturated carbocycles. The molecule has 0 unspecified atom stereocenters. The Morgan fingerprint density at radius 3 is 2.74 bits per heavy atom. The second kappa shape index (κ2) is 8.97. The lowest BCUT2D eigenvalue weighted by Gasteiger charge is -2.13. The summed E-state index contributed by atoms with van der Waals surface area (Å²) in [4.78, 5) is 16.8. The summed E-state index contributed by atoms with van der Waals surface area (Å²) in [5.74, 6) is 1.29. The van der Waals surface area contributed by atoms with Gasteiger partial charge in [-0.25, -0.2) is 0 Å². The van der Waals surface area contributed by atoms with E-state index >= 15 is 0 Å². The summed E-state index contributed by atoms with van der Waals surface area (Å²) in [6.07, 6.45) is 0. The second-order valence-corrected chi connectivity index (χ2v) is 6.78. The standard InChI is InChI=1S/C19H20Cl2N4O2/c1-27-17-5-3-13(9-14(17)11-25-19-22-6-7-23-19)18(26)24-10-12-2-4-15(20)16(21)8-12/h2-5,8-9H,6-7,10-11H2,1H3,(H,24,26)(H2,22,23,25). The van der Waals surface area contributed by atoms with Gasteiger partial charge >= 0.3 is 0 Å². The number of nitrogens with zero attached hydrogens (tertiary/aromatic N) is 1. The number of halogens is 2. The number of aliphatic imine (C=N–C) groups is 1. The van der Waals surface area contributed by atoms with E-state index in [0.29, 0.717) is 34.4 Å². The molecule has 0 atom stereocenters. The van der Waals surface area contributed by atoms with Gasteiger partial charge in [0.25, 0.3) is 5.91 Å². The zero-order chi connectivity index (χ0) is 19.2. The summed E-state index contributed by atoms with van der Waals surface area (Å²) < 4.78 is 5.39. The van der Waals surface area contributed by atoms with E-state index < -0.39 is 0 Å². The minimum absolute atomic E-state index is 0.179. The molecule has 142 valence electrons. The van der Waals surface area contributed by atoms with Crippen molar-refractivity contribution in [2.24, 2.45) is 4.99 Å². The average molecular weight is 407 g/mol. The first kappa shape index (κ1) is 19.3. The van der Waals surface area contributed by atoms with Crippen LogP contribution in [-0.4, -0.2) is 32.1 Å². The van der Waals surface area contributed by atoms with Gasteiger partial charge in [0.1, 0.15) is 5.75 Å². The van der Waals surface area contributed by atoms with E-state index in [-0.39, 0.29) is 5.91 Å². The number of hydrogen-bond acceptors (Lipinski definition) is 5. The van der Waals surface area contributed by atoms with Crippen LogP contribution < -0.4 is 20.7 Å². The van der Waals surface area contributed by atoms with Crippen LogP contribution in [0.1, 0.15) is 21.5 Å². The number of carbonyl (C=O) groups is 1. The maximum Gasteiger partial charge on any atom is 0.251 e. The van der Waals surface area contributed by atoms with Crippen molar-refractivity contribution in [1.82, 2.24) is 16.0 Å². The van der Waals surface area contributed by atoms with Crippen LogP contribution in [0.2, 0.25) is 10.0 Å². The van der Waals surface area contributed by atoms with Crippen molar-refractivity contribution < 1.29 is 9.53 Å². The van der Waals surface area contributed by atoms with Gasteiger partial charge in [0.2, 0.25) is 0 Å². The lowest BCUT2D eigenvalue weighted by atomic mass is 10.1. The third-order valence-corrected chi connectivity index (χ3v) is 4.84. The van der Waals surface area contributed by atoms with Gasteiger partial charge < -0.3 is 20.7 Å². The molecule has 0 spiro atoms. The lowest BCUT2D eigenvalue weighted by molar-refractivity contribution is 0.0951. The van der Waals surface area contributed by atoms with Crippen molar-refractivity contribution in [2.75, 3.05) is 20.2 Å². The predicted molar refractivity (Wildman–Crippen MR) is 108 cm³/mol. The molecule has 6 nitrogen and oxygen atoms in total. The fraction of sp³-hybridized carbons (Fsp3) is 0.263. The number of hydrogen-bond donors (Lipinski definition) is 3. The van der Waals surface area contributed by atoms with Crippen molar-refractivity contribution in [3.8, 4) is 5.75 Å². The van der Waals surface area contributed by atoms with Gasteiger partial charge in [0.05, 0.1) is 23.7 Å². The lowest BCUT2D eigenvalue weighted by Crippen LogP contribution is -2.33. The Kier molecular flexibility index (Phi) is 6.42. The monoisotopic (exact) mass is 406 g/mol. The number of amides is 1. The molecular formula is C19H20Cl2N4O2. The second-order valence-electron chi connectivity index (χ2n) is 5.97. The SMILES string of the molecule is COc1ccc(C(=O)NCc2ccc(Cl)c(Cl)c2)cc1CNC1=NCCN1. The smallest absolute Gasteiger partial charge is 0.251 e. The Labute approximate surface area is 167 Å². The Morgan fingerprint density at radius 2 is 2.04 bits per heavy atom. The van der Waals surface area contributed by atoms with Crippen LogP contribution in [0.5, 0.6) is 5.75 Å². The molecule has 1 heterocycles. The molecule has 0 bridgehead atoms. The van der Waals surface area contributed by atoms with E-state index in [1.165, 1.54) is 0 Å². The van der Waals surface area contributed by atoms with E-state index in [4.69, 9.17) is 27.9 Å². The molecule has 2 aromatic carbocycles. The highest BCUT2D eigenvalue weighted by Gasteiger charge is 2.12. The van der Waals surface area contributed by atoms with Gasteiger partial charge in [-0.1, -0.05) is 29.3 Å². The fourth-order valence-corrected chi connectivity index (χ4v) is 3.01. The largest absolute Gasteiger partial charge is 0.496 e. The highest BCUT2D eigenvalue weighted by atomic mass is 35.5. The van der Waals surface area contributed by atoms with Crippen LogP contribution in [-0.2, 0) is 13.1 Å². The average Bonchev–Trinajstić information content (AvgIpc) is 3.20. The molecule has 3 rings (SSSR count). The topological polar surface area (TPSA) is 74.8 Å². The van der Waals surface area contributed by atoms with Crippen LogP contribution in [0.4, 0.5) is 0 Å². The van der Waals surface area contributed by atoms with Crippen molar-refractivity contribution in [3.05, 3.63) is 63.1 Å². The Balaban J connectivity index is 1.66. The van der Waals surface area contributed by atoms with E-state index in [1.807, 2.05) is 12.1 Å². The van der Waals surface area contributed by atoms with Crippen molar-refractivity contribution >= 4 is 35.1 Å². The number of rotatable bonds is 6. The van der Waals surface area contributed by atoms with E-state index in [2.05, 4.69) is 20.9 Å². The number of benzene rings is 2. The van der Waals surface area contributed by atoms with Crippen LogP contribution in [0, 0.1) is 0 Å². The molecule has 0 fully saturated rings. The summed E-state index contributed by atoms with van der Waals surface area (Å²) >= 11 is 11.9. The van der Waals surface area contributed by atoms with Crippen LogP contribution >= 0.6 is 23.2 Å². The minimum Gasteiger partial charge on any atom is -0.496 e. The zero-order valence-electron chi connectivity index (χ0n) is 14.8. The van der Waals surface area contributed by atoms with Gasteiger partial charge in [-0.05, 0) is 35.9 Å². The predicted octanol–water partition coefficient (Wildman–Crippen LogP) is 2.98. The molecule has 1 amide bonds. The zero-order valence-corrected chi connectivity index (χ0v) is 16.3. The van der Waals surface area contributed by atoms with Crippen molar-refractivity contribution in [3.63, 3.8) is 0 Å². The van der Waals surface area contributed by atoms with E-state index in [0.717, 1.165) is 30.2 Å². The first-order valence-corrected chi connectivity index (χ1v) is 9.23. The quantitative estimate of drug-likeness (QED) is 0.689. The normalized spacial score (nSPS) is 12.9. The molecule has 1 aliphatic heterocycles. The molecule has 0 saturated heterocycles. The molecule has 2 aromatic rings. The maximum atomic E-state index is 12.5. The fourth-order valence-electron chi connectivity index (χ4n) is 2.69. The van der Waals surface area contributed by atoms with E-state index in [9.17, 15) is 4.79 Å². The maximum absolute atomic E-state index is 12.5. The first-order chi connectivity index (χ1) is 13.1. The third-order valence-electron chi connectivity index (χ3n) is 4.10. The molecule has 1 aliphatic rings. The number of ether oxygens (including phenoxy) is 1. The minimum atomic E-state index is -0.179. The molecule has 0 radical (unpaired) electrons. The molecular weight excluding hydrogens is 387 g/mol. The van der Waals surface area contributed by atoms with Gasteiger partial charge in [0, 0.05) is 30.8 Å². The van der Waals surface area contributed by atoms with E-state index in [1.54, 1.807) is 31.4 Å². The summed E-state index contributed by atoms with van der Waals surface area (Å²) in [5, 5.41) is 10.2. The summed E-state index contributed by atoms with van der Waals surface area (Å²) in [7, 11) is 1.61. The highest BCUT2D eigenvalue weighted by molar-refractivity contribution is 6.42. The van der Waals surface area contributed by atoms with Crippen LogP contribution in [0.3, 0.4) is 0 Å². The van der Waals surface area contributed by atoms with Crippen molar-refractivity contribution in [1.29, 1.82) is 0 Å². The van der Waals surface area contributed by atoms with Crippen molar-refractivity contribution in [2.45, 2.75) is 13.1 Å². The van der Waals surface area contributed by atoms with Gasteiger partial charge in [-0.3, -0.25) is 9.79 Å². The summed E-state index contributed by atoms with van der Waals surface area (Å²) in [6, 6.07) is 10.6. The third kappa shape index (κ3) is 5.05. The number of methoxy groups -OCH3 is 1. The summed E-state index contributed by atoms with van der Waals surface area (Å²) in [6.45, 7) is 2.45. The molecule has 0 aliphatic carbocycles. The van der Waals surface area contributed by atoms with Crippen LogP contribution in [0.15, 0.2) is 41.4 Å². The molecule has 3 N–H and O–H groups in total. The van der Waals surface area contributed by atoms with Gasteiger partial charge in [-0.15, -0.1) is 0 Å². The Bertz CT molecular complexity index is 871. The Morgan fingerprint density at radius 1 is 1.19 bits per heavy atom. The van der Waals surface area contributed by atoms with Crippen LogP contribution in [0.25, 0.3) is 0 Å². The number of nitrogens with one attached hydrogen (secondary N) is 3.